The van der Waals surface area contributed by atoms with E-state index in [1.807, 2.05) is 0 Å². The van der Waals surface area contributed by atoms with Gasteiger partial charge in [-0.25, -0.2) is 9.86 Å². The highest BCUT2D eigenvalue weighted by Gasteiger charge is 2.20. The lowest BCUT2D eigenvalue weighted by atomic mass is 10.1. The Morgan fingerprint density at radius 2 is 2.00 bits per heavy atom. The van der Waals surface area contributed by atoms with Crippen LogP contribution in [0.4, 0.5) is 4.79 Å². The number of carbonyl (C=O) groups is 2. The van der Waals surface area contributed by atoms with E-state index in [9.17, 15) is 9.59 Å². The van der Waals surface area contributed by atoms with Gasteiger partial charge in [0.2, 0.25) is 0 Å². The Morgan fingerprint density at radius 1 is 1.33 bits per heavy atom. The van der Waals surface area contributed by atoms with E-state index in [1.54, 1.807) is 24.3 Å². The molecule has 0 saturated carbocycles. The number of hydrogen-bond acceptors (Lipinski definition) is 3. The number of nitrogens with zero attached hydrogens (tertiary/aromatic N) is 2. The average Bonchev–Trinajstić information content (AvgIpc) is 2.76. The zero-order valence-electron chi connectivity index (χ0n) is 9.95. The van der Waals surface area contributed by atoms with Crippen LogP contribution in [0, 0.1) is 0 Å². The number of carboxylic acid groups (broad SMARTS) is 1. The molecule has 2 aromatic rings. The van der Waals surface area contributed by atoms with Gasteiger partial charge in [-0.15, -0.1) is 0 Å². The molecule has 0 aliphatic carbocycles. The van der Waals surface area contributed by atoms with Crippen LogP contribution < -0.4 is 0 Å². The van der Waals surface area contributed by atoms with E-state index in [-0.39, 0.29) is 5.56 Å². The Kier molecular flexibility index (Phi) is 3.03. The third-order valence-electron chi connectivity index (χ3n) is 2.71. The van der Waals surface area contributed by atoms with Gasteiger partial charge in [0.1, 0.15) is 0 Å². The molecule has 2 rings (SSSR count). The van der Waals surface area contributed by atoms with E-state index in [2.05, 4.69) is 0 Å². The van der Waals surface area contributed by atoms with Crippen LogP contribution >= 0.6 is 0 Å². The van der Waals surface area contributed by atoms with E-state index in [1.165, 1.54) is 20.4 Å². The Labute approximate surface area is 103 Å². The van der Waals surface area contributed by atoms with Gasteiger partial charge >= 0.3 is 6.09 Å². The molecule has 1 aromatic carbocycles. The first kappa shape index (κ1) is 12.1. The molecular formula is C12H12N2O4. The molecule has 0 bridgehead atoms. The first-order valence-electron chi connectivity index (χ1n) is 5.21. The number of carbonyl (C=O) groups excluding carboxylic acids is 1. The summed E-state index contributed by atoms with van der Waals surface area (Å²) in [5, 5.41) is 10.7. The van der Waals surface area contributed by atoms with Crippen LogP contribution in [0.1, 0.15) is 10.4 Å². The van der Waals surface area contributed by atoms with Crippen molar-refractivity contribution in [1.29, 1.82) is 0 Å². The summed E-state index contributed by atoms with van der Waals surface area (Å²) in [7, 11) is 2.84. The summed E-state index contributed by atoms with van der Waals surface area (Å²) in [6, 6.07) is 6.81. The van der Waals surface area contributed by atoms with Gasteiger partial charge in [0.05, 0.1) is 18.2 Å². The number of para-hydroxylation sites is 1. The first-order valence-corrected chi connectivity index (χ1v) is 5.21. The summed E-state index contributed by atoms with van der Waals surface area (Å²) in [5.74, 6) is -0.395. The summed E-state index contributed by atoms with van der Waals surface area (Å²) in [6.07, 6.45) is 0.163. The molecular weight excluding hydrogens is 236 g/mol. The molecule has 18 heavy (non-hydrogen) atoms. The number of benzene rings is 1. The molecule has 1 amide bonds. The van der Waals surface area contributed by atoms with E-state index in [4.69, 9.17) is 9.94 Å². The maximum atomic E-state index is 12.0. The standard InChI is InChI=1S/C12H12N2O4/c1-13(18-2)11(15)9-7-14(12(16)17)10-6-4-3-5-8(9)10/h3-7H,1-2H3,(H,16,17). The number of fused-ring (bicyclic) bond motifs is 1. The lowest BCUT2D eigenvalue weighted by molar-refractivity contribution is -0.0755. The van der Waals surface area contributed by atoms with Crippen LogP contribution in [0.3, 0.4) is 0 Å². The van der Waals surface area contributed by atoms with Crippen LogP contribution in [0.5, 0.6) is 0 Å². The number of amides is 1. The van der Waals surface area contributed by atoms with Crippen molar-refractivity contribution in [1.82, 2.24) is 9.63 Å². The van der Waals surface area contributed by atoms with Crippen LogP contribution in [0.15, 0.2) is 30.5 Å². The normalized spacial score (nSPS) is 10.6. The van der Waals surface area contributed by atoms with Crippen LogP contribution in [-0.2, 0) is 4.84 Å². The second kappa shape index (κ2) is 4.50. The smallest absolute Gasteiger partial charge is 0.416 e. The molecule has 1 N–H and O–H groups in total. The minimum Gasteiger partial charge on any atom is -0.464 e. The molecule has 0 spiro atoms. The fourth-order valence-corrected chi connectivity index (χ4v) is 1.76. The monoisotopic (exact) mass is 248 g/mol. The van der Waals surface area contributed by atoms with Gasteiger partial charge in [-0.05, 0) is 6.07 Å². The van der Waals surface area contributed by atoms with Crippen molar-refractivity contribution in [2.75, 3.05) is 14.2 Å². The second-order valence-corrected chi connectivity index (χ2v) is 3.70. The predicted octanol–water partition coefficient (Wildman–Crippen LogP) is 1.80. The van der Waals surface area contributed by atoms with Crippen molar-refractivity contribution >= 4 is 22.9 Å². The number of rotatable bonds is 2. The maximum Gasteiger partial charge on any atom is 0.416 e. The largest absolute Gasteiger partial charge is 0.464 e. The van der Waals surface area contributed by atoms with E-state index in [0.717, 1.165) is 9.63 Å². The average molecular weight is 248 g/mol. The molecule has 0 aliphatic heterocycles. The highest BCUT2D eigenvalue weighted by atomic mass is 16.7. The Balaban J connectivity index is 2.65. The lowest BCUT2D eigenvalue weighted by Gasteiger charge is -2.12. The van der Waals surface area contributed by atoms with Gasteiger partial charge in [0, 0.05) is 18.6 Å². The fraction of sp³-hybridized carbons (Fsp3) is 0.167. The van der Waals surface area contributed by atoms with Gasteiger partial charge in [-0.3, -0.25) is 14.2 Å². The summed E-state index contributed by atoms with van der Waals surface area (Å²) < 4.78 is 1.02. The molecule has 1 aromatic heterocycles. The summed E-state index contributed by atoms with van der Waals surface area (Å²) in [6.45, 7) is 0. The van der Waals surface area contributed by atoms with Gasteiger partial charge in [0.25, 0.3) is 5.91 Å². The van der Waals surface area contributed by atoms with E-state index >= 15 is 0 Å². The van der Waals surface area contributed by atoms with Crippen molar-refractivity contribution in [3.8, 4) is 0 Å². The Bertz CT molecular complexity index is 618. The van der Waals surface area contributed by atoms with Crippen molar-refractivity contribution in [2.24, 2.45) is 0 Å². The third-order valence-corrected chi connectivity index (χ3v) is 2.71. The van der Waals surface area contributed by atoms with Gasteiger partial charge in [0.15, 0.2) is 0 Å². The van der Waals surface area contributed by atoms with Crippen molar-refractivity contribution in [3.05, 3.63) is 36.0 Å². The third kappa shape index (κ3) is 1.82. The van der Waals surface area contributed by atoms with Gasteiger partial charge < -0.3 is 5.11 Å². The molecule has 94 valence electrons. The highest BCUT2D eigenvalue weighted by molar-refractivity contribution is 6.08. The van der Waals surface area contributed by atoms with E-state index < -0.39 is 12.0 Å². The molecule has 6 nitrogen and oxygen atoms in total. The second-order valence-electron chi connectivity index (χ2n) is 3.70. The van der Waals surface area contributed by atoms with Crippen LogP contribution in [0.2, 0.25) is 0 Å². The lowest BCUT2D eigenvalue weighted by Crippen LogP contribution is -2.25. The predicted molar refractivity (Wildman–Crippen MR) is 64.5 cm³/mol. The zero-order valence-corrected chi connectivity index (χ0v) is 9.95. The Hall–Kier alpha value is -2.34. The quantitative estimate of drug-likeness (QED) is 0.822. The molecule has 1 heterocycles. The number of hydroxylamine groups is 2. The van der Waals surface area contributed by atoms with Gasteiger partial charge in [-0.1, -0.05) is 18.2 Å². The van der Waals surface area contributed by atoms with Crippen molar-refractivity contribution in [3.63, 3.8) is 0 Å². The minimum atomic E-state index is -1.13. The van der Waals surface area contributed by atoms with Crippen molar-refractivity contribution in [2.45, 2.75) is 0 Å². The molecule has 0 aliphatic rings. The molecule has 0 radical (unpaired) electrons. The summed E-state index contributed by atoms with van der Waals surface area (Å²) in [4.78, 5) is 27.9. The summed E-state index contributed by atoms with van der Waals surface area (Å²) >= 11 is 0. The first-order chi connectivity index (χ1) is 8.56. The minimum absolute atomic E-state index is 0.289. The molecule has 0 saturated heterocycles. The van der Waals surface area contributed by atoms with Crippen LogP contribution in [-0.4, -0.2) is 40.9 Å². The molecule has 6 heteroatoms. The van der Waals surface area contributed by atoms with Crippen molar-refractivity contribution < 1.29 is 19.5 Å². The summed E-state index contributed by atoms with van der Waals surface area (Å²) in [5.41, 5.74) is 0.759. The molecule has 0 fully saturated rings. The number of aromatic nitrogens is 1. The SMILES string of the molecule is CON(C)C(=O)c1cn(C(=O)O)c2ccccc12. The maximum absolute atomic E-state index is 12.0. The molecule has 0 unspecified atom stereocenters. The zero-order chi connectivity index (χ0) is 13.3. The number of hydrogen-bond donors (Lipinski definition) is 1. The van der Waals surface area contributed by atoms with Gasteiger partial charge in [-0.2, -0.15) is 0 Å². The van der Waals surface area contributed by atoms with E-state index in [0.29, 0.717) is 10.9 Å². The Morgan fingerprint density at radius 3 is 2.61 bits per heavy atom. The topological polar surface area (TPSA) is 71.8 Å². The highest BCUT2D eigenvalue weighted by Crippen LogP contribution is 2.22. The van der Waals surface area contributed by atoms with Crippen LogP contribution in [0.25, 0.3) is 10.9 Å². The molecule has 0 atom stereocenters. The fourth-order valence-electron chi connectivity index (χ4n) is 1.76.